The van der Waals surface area contributed by atoms with Crippen molar-refractivity contribution in [3.8, 4) is 22.0 Å². The number of thiazole rings is 1. The molecule has 0 atom stereocenters. The summed E-state index contributed by atoms with van der Waals surface area (Å²) in [6.07, 6.45) is 0. The van der Waals surface area contributed by atoms with E-state index in [-0.39, 0.29) is 5.91 Å². The zero-order valence-electron chi connectivity index (χ0n) is 13.1. The Hall–Kier alpha value is -2.91. The first-order chi connectivity index (χ1) is 12.2. The first-order valence-electron chi connectivity index (χ1n) is 7.35. The van der Waals surface area contributed by atoms with Crippen molar-refractivity contribution >= 4 is 33.7 Å². The summed E-state index contributed by atoms with van der Waals surface area (Å²) in [5.41, 5.74) is 2.26. The molecule has 124 valence electrons. The van der Waals surface area contributed by atoms with Gasteiger partial charge in [-0.15, -0.1) is 10.2 Å². The van der Waals surface area contributed by atoms with Crippen LogP contribution in [0.15, 0.2) is 47.2 Å². The number of carbonyl (C=O) groups is 1. The number of anilines is 1. The van der Waals surface area contributed by atoms with Crippen molar-refractivity contribution in [1.29, 1.82) is 0 Å². The van der Waals surface area contributed by atoms with E-state index in [0.29, 0.717) is 16.5 Å². The minimum Gasteiger partial charge on any atom is -0.298 e. The zero-order valence-corrected chi connectivity index (χ0v) is 14.7. The van der Waals surface area contributed by atoms with Gasteiger partial charge < -0.3 is 0 Å². The average molecular weight is 368 g/mol. The van der Waals surface area contributed by atoms with Crippen LogP contribution in [0.25, 0.3) is 22.0 Å². The van der Waals surface area contributed by atoms with Gasteiger partial charge in [0.2, 0.25) is 5.82 Å². The van der Waals surface area contributed by atoms with Crippen LogP contribution in [-0.4, -0.2) is 31.1 Å². The Morgan fingerprint density at radius 3 is 2.72 bits per heavy atom. The van der Waals surface area contributed by atoms with E-state index in [1.807, 2.05) is 35.7 Å². The fourth-order valence-electron chi connectivity index (χ4n) is 2.25. The molecule has 0 fully saturated rings. The summed E-state index contributed by atoms with van der Waals surface area (Å²) in [5.74, 6) is 0.295. The topological polar surface area (TPSA) is 85.6 Å². The van der Waals surface area contributed by atoms with Gasteiger partial charge in [0.15, 0.2) is 5.13 Å². The van der Waals surface area contributed by atoms with Crippen molar-refractivity contribution in [2.45, 2.75) is 0 Å². The predicted molar refractivity (Wildman–Crippen MR) is 97.6 cm³/mol. The molecule has 7 nitrogen and oxygen atoms in total. The smallest absolute Gasteiger partial charge is 0.258 e. The molecule has 4 aromatic rings. The maximum absolute atomic E-state index is 12.3. The highest BCUT2D eigenvalue weighted by Gasteiger charge is 2.20. The Labute approximate surface area is 151 Å². The number of nitrogens with zero attached hydrogens (tertiary/aromatic N) is 5. The molecule has 0 bridgehead atoms. The Balaban J connectivity index is 1.74. The molecular formula is C16H12N6OS2. The molecule has 4 rings (SSSR count). The number of benzene rings is 1. The molecular weight excluding hydrogens is 356 g/mol. The van der Waals surface area contributed by atoms with Crippen LogP contribution in [0.1, 0.15) is 10.4 Å². The van der Waals surface area contributed by atoms with E-state index in [1.165, 1.54) is 27.5 Å². The fraction of sp³-hybridized carbons (Fsp3) is 0.0625. The van der Waals surface area contributed by atoms with Crippen LogP contribution in [0.2, 0.25) is 0 Å². The van der Waals surface area contributed by atoms with Crippen molar-refractivity contribution in [2.24, 2.45) is 7.05 Å². The molecule has 0 saturated carbocycles. The highest BCUT2D eigenvalue weighted by Crippen LogP contribution is 2.37. The molecule has 0 unspecified atom stereocenters. The third-order valence-corrected chi connectivity index (χ3v) is 5.04. The molecule has 9 heteroatoms. The lowest BCUT2D eigenvalue weighted by Gasteiger charge is -1.99. The summed E-state index contributed by atoms with van der Waals surface area (Å²) in [6, 6.07) is 11.5. The minimum absolute atomic E-state index is 0.187. The van der Waals surface area contributed by atoms with Crippen molar-refractivity contribution in [1.82, 2.24) is 25.2 Å². The first-order valence-corrected chi connectivity index (χ1v) is 9.11. The van der Waals surface area contributed by atoms with Crippen LogP contribution in [0.5, 0.6) is 0 Å². The van der Waals surface area contributed by atoms with Crippen molar-refractivity contribution < 1.29 is 4.79 Å². The Bertz CT molecular complexity index is 1010. The number of hydrogen-bond donors (Lipinski definition) is 1. The predicted octanol–water partition coefficient (Wildman–Crippen LogP) is 3.31. The highest BCUT2D eigenvalue weighted by atomic mass is 32.1. The number of amides is 1. The molecule has 3 aromatic heterocycles. The molecule has 0 aliphatic carbocycles. The second-order valence-corrected chi connectivity index (χ2v) is 6.91. The number of aryl methyl sites for hydroxylation is 1. The van der Waals surface area contributed by atoms with Crippen molar-refractivity contribution in [2.75, 3.05) is 5.32 Å². The van der Waals surface area contributed by atoms with Gasteiger partial charge in [0.1, 0.15) is 4.88 Å². The van der Waals surface area contributed by atoms with E-state index < -0.39 is 0 Å². The second-order valence-electron chi connectivity index (χ2n) is 5.13. The summed E-state index contributed by atoms with van der Waals surface area (Å²) >= 11 is 2.80. The summed E-state index contributed by atoms with van der Waals surface area (Å²) in [5, 5.41) is 19.2. The SMILES string of the molecule is Cn1nnc(-c2sc(NC(=O)c3ccsc3)nc2-c2ccccc2)n1. The average Bonchev–Trinajstić information content (AvgIpc) is 3.35. The van der Waals surface area contributed by atoms with Crippen LogP contribution >= 0.6 is 22.7 Å². The van der Waals surface area contributed by atoms with Crippen LogP contribution in [0.3, 0.4) is 0 Å². The number of carbonyl (C=O) groups excluding carboxylic acids is 1. The summed E-state index contributed by atoms with van der Waals surface area (Å²) in [4.78, 5) is 19.0. The van der Waals surface area contributed by atoms with Gasteiger partial charge in [-0.2, -0.15) is 16.1 Å². The number of rotatable bonds is 4. The zero-order chi connectivity index (χ0) is 17.2. The second kappa shape index (κ2) is 6.54. The largest absolute Gasteiger partial charge is 0.298 e. The quantitative estimate of drug-likeness (QED) is 0.597. The van der Waals surface area contributed by atoms with Gasteiger partial charge in [-0.1, -0.05) is 41.7 Å². The van der Waals surface area contributed by atoms with E-state index in [2.05, 4.69) is 25.7 Å². The maximum atomic E-state index is 12.3. The van der Waals surface area contributed by atoms with E-state index in [0.717, 1.165) is 16.1 Å². The van der Waals surface area contributed by atoms with Gasteiger partial charge in [-0.25, -0.2) is 4.98 Å². The summed E-state index contributed by atoms with van der Waals surface area (Å²) < 4.78 is 0. The van der Waals surface area contributed by atoms with E-state index in [9.17, 15) is 4.79 Å². The maximum Gasteiger partial charge on any atom is 0.258 e. The Morgan fingerprint density at radius 1 is 1.20 bits per heavy atom. The van der Waals surface area contributed by atoms with Gasteiger partial charge in [0.05, 0.1) is 18.3 Å². The van der Waals surface area contributed by atoms with E-state index in [1.54, 1.807) is 18.5 Å². The third-order valence-electron chi connectivity index (χ3n) is 3.39. The number of aromatic nitrogens is 5. The van der Waals surface area contributed by atoms with Gasteiger partial charge in [0, 0.05) is 10.9 Å². The number of hydrogen-bond acceptors (Lipinski definition) is 7. The molecule has 0 aliphatic heterocycles. The molecule has 0 spiro atoms. The van der Waals surface area contributed by atoms with Gasteiger partial charge in [0.25, 0.3) is 5.91 Å². The van der Waals surface area contributed by atoms with E-state index >= 15 is 0 Å². The fourth-order valence-corrected chi connectivity index (χ4v) is 3.80. The first kappa shape index (κ1) is 15.6. The van der Waals surface area contributed by atoms with Crippen LogP contribution in [0.4, 0.5) is 5.13 Å². The van der Waals surface area contributed by atoms with Crippen LogP contribution < -0.4 is 5.32 Å². The summed E-state index contributed by atoms with van der Waals surface area (Å²) in [7, 11) is 1.71. The molecule has 0 saturated heterocycles. The highest BCUT2D eigenvalue weighted by molar-refractivity contribution is 7.19. The molecule has 3 heterocycles. The lowest BCUT2D eigenvalue weighted by molar-refractivity contribution is 0.102. The summed E-state index contributed by atoms with van der Waals surface area (Å²) in [6.45, 7) is 0. The van der Waals surface area contributed by atoms with E-state index in [4.69, 9.17) is 0 Å². The molecule has 25 heavy (non-hydrogen) atoms. The monoisotopic (exact) mass is 368 g/mol. The van der Waals surface area contributed by atoms with Crippen LogP contribution in [0, 0.1) is 0 Å². The van der Waals surface area contributed by atoms with Crippen molar-refractivity contribution in [3.63, 3.8) is 0 Å². The minimum atomic E-state index is -0.187. The third kappa shape index (κ3) is 3.19. The number of nitrogens with one attached hydrogen (secondary N) is 1. The normalized spacial score (nSPS) is 10.8. The van der Waals surface area contributed by atoms with Gasteiger partial charge >= 0.3 is 0 Å². The number of thiophene rings is 1. The molecule has 0 aliphatic rings. The Morgan fingerprint density at radius 2 is 2.04 bits per heavy atom. The van der Waals surface area contributed by atoms with Gasteiger partial charge in [-0.05, 0) is 16.7 Å². The van der Waals surface area contributed by atoms with Crippen LogP contribution in [-0.2, 0) is 7.05 Å². The standard InChI is InChI=1S/C16H12N6OS2/c1-22-20-14(19-21-22)13-12(10-5-3-2-4-6-10)17-16(25-13)18-15(23)11-7-8-24-9-11/h2-9H,1H3,(H,17,18,23). The van der Waals surface area contributed by atoms with Crippen molar-refractivity contribution in [3.05, 3.63) is 52.7 Å². The molecule has 1 amide bonds. The number of tetrazole rings is 1. The molecule has 1 aromatic carbocycles. The molecule has 0 radical (unpaired) electrons. The molecule has 1 N–H and O–H groups in total. The lowest BCUT2D eigenvalue weighted by Crippen LogP contribution is -2.10. The lowest BCUT2D eigenvalue weighted by atomic mass is 10.1. The Kier molecular flexibility index (Phi) is 4.08. The van der Waals surface area contributed by atoms with Gasteiger partial charge in [-0.3, -0.25) is 10.1 Å².